The van der Waals surface area contributed by atoms with Gasteiger partial charge in [0.15, 0.2) is 0 Å². The van der Waals surface area contributed by atoms with Gasteiger partial charge in [-0.3, -0.25) is 0 Å². The van der Waals surface area contributed by atoms with Crippen LogP contribution in [0.1, 0.15) is 18.4 Å². The number of benzene rings is 1. The fourth-order valence-corrected chi connectivity index (χ4v) is 4.40. The van der Waals surface area contributed by atoms with E-state index in [2.05, 4.69) is 5.32 Å². The van der Waals surface area contributed by atoms with E-state index in [-0.39, 0.29) is 17.1 Å². The van der Waals surface area contributed by atoms with Crippen LogP contribution in [0, 0.1) is 11.7 Å². The largest absolute Gasteiger partial charge is 0.319 e. The number of rotatable bonds is 6. The molecule has 0 saturated carbocycles. The molecule has 0 amide bonds. The predicted molar refractivity (Wildman–Crippen MR) is 90.0 cm³/mol. The Labute approximate surface area is 142 Å². The molecule has 0 aromatic heterocycles. The average molecular weight is 364 g/mol. The summed E-state index contributed by atoms with van der Waals surface area (Å²) in [5, 5.41) is 3.36. The molecule has 1 heterocycles. The van der Waals surface area contributed by atoms with Crippen molar-refractivity contribution >= 4 is 21.8 Å². The Kier molecular flexibility index (Phi) is 6.39. The molecule has 8 heteroatoms. The Bertz CT molecular complexity index is 613. The molecule has 2 rings (SSSR count). The topological polar surface area (TPSA) is 52.7 Å². The third-order valence-corrected chi connectivity index (χ3v) is 6.52. The van der Waals surface area contributed by atoms with Gasteiger partial charge in [-0.2, -0.15) is 17.0 Å². The van der Waals surface area contributed by atoms with Crippen molar-refractivity contribution in [2.45, 2.75) is 19.4 Å². The zero-order chi connectivity index (χ0) is 17.0. The van der Waals surface area contributed by atoms with Crippen molar-refractivity contribution in [2.24, 2.45) is 5.92 Å². The van der Waals surface area contributed by atoms with Crippen molar-refractivity contribution in [1.29, 1.82) is 0 Å². The molecule has 23 heavy (non-hydrogen) atoms. The number of halogens is 2. The number of nitrogens with zero attached hydrogens (tertiary/aromatic N) is 2. The Morgan fingerprint density at radius 2 is 2.04 bits per heavy atom. The van der Waals surface area contributed by atoms with Gasteiger partial charge in [0.2, 0.25) is 0 Å². The lowest BCUT2D eigenvalue weighted by Crippen LogP contribution is -2.46. The van der Waals surface area contributed by atoms with Gasteiger partial charge < -0.3 is 5.32 Å². The summed E-state index contributed by atoms with van der Waals surface area (Å²) in [6.07, 6.45) is 1.66. The van der Waals surface area contributed by atoms with E-state index in [9.17, 15) is 12.8 Å². The first-order valence-electron chi connectivity index (χ1n) is 7.65. The molecule has 0 aliphatic carbocycles. The maximum atomic E-state index is 13.9. The molecule has 5 nitrogen and oxygen atoms in total. The van der Waals surface area contributed by atoms with Gasteiger partial charge in [-0.05, 0) is 44.5 Å². The predicted octanol–water partition coefficient (Wildman–Crippen LogP) is 2.09. The Morgan fingerprint density at radius 1 is 1.39 bits per heavy atom. The van der Waals surface area contributed by atoms with E-state index >= 15 is 0 Å². The Morgan fingerprint density at radius 3 is 2.61 bits per heavy atom. The summed E-state index contributed by atoms with van der Waals surface area (Å²) in [5.41, 5.74) is 0.199. The minimum absolute atomic E-state index is 0.0791. The summed E-state index contributed by atoms with van der Waals surface area (Å²) in [4.78, 5) is 0. The molecule has 0 radical (unpaired) electrons. The molecule has 0 bridgehead atoms. The van der Waals surface area contributed by atoms with E-state index in [1.165, 1.54) is 23.5 Å². The van der Waals surface area contributed by atoms with Crippen molar-refractivity contribution in [3.8, 4) is 0 Å². The third-order valence-electron chi connectivity index (χ3n) is 4.23. The summed E-state index contributed by atoms with van der Waals surface area (Å²) >= 11 is 5.98. The Hall–Kier alpha value is -0.730. The number of hydrogen-bond acceptors (Lipinski definition) is 3. The van der Waals surface area contributed by atoms with Gasteiger partial charge in [0.25, 0.3) is 10.2 Å². The highest BCUT2D eigenvalue weighted by Crippen LogP contribution is 2.24. The molecule has 1 aliphatic rings. The second-order valence-corrected chi connectivity index (χ2v) is 8.31. The molecule has 130 valence electrons. The van der Waals surface area contributed by atoms with Gasteiger partial charge in [0.1, 0.15) is 5.82 Å². The lowest BCUT2D eigenvalue weighted by atomic mass is 9.98. The van der Waals surface area contributed by atoms with Crippen molar-refractivity contribution in [2.75, 3.05) is 33.7 Å². The Balaban J connectivity index is 2.05. The fraction of sp³-hybridized carbons (Fsp3) is 0.600. The number of piperidine rings is 1. The first-order valence-corrected chi connectivity index (χ1v) is 9.42. The molecule has 1 aromatic rings. The third kappa shape index (κ3) is 4.42. The summed E-state index contributed by atoms with van der Waals surface area (Å²) in [7, 11) is -0.257. The molecule has 1 saturated heterocycles. The SMILES string of the molecule is CNCC1CCN(S(=O)(=O)N(C)Cc2c(F)cccc2Cl)CC1. The molecule has 1 fully saturated rings. The van der Waals surface area contributed by atoms with Crippen LogP contribution in [0.5, 0.6) is 0 Å². The van der Waals surface area contributed by atoms with Crippen molar-refractivity contribution < 1.29 is 12.8 Å². The molecule has 1 N–H and O–H groups in total. The van der Waals surface area contributed by atoms with Crippen LogP contribution in [0.25, 0.3) is 0 Å². The smallest absolute Gasteiger partial charge is 0.282 e. The van der Waals surface area contributed by atoms with E-state index in [4.69, 9.17) is 11.6 Å². The van der Waals surface area contributed by atoms with Crippen LogP contribution in [0.2, 0.25) is 5.02 Å². The van der Waals surface area contributed by atoms with Crippen molar-refractivity contribution in [1.82, 2.24) is 13.9 Å². The van der Waals surface area contributed by atoms with Gasteiger partial charge in [-0.1, -0.05) is 17.7 Å². The van der Waals surface area contributed by atoms with Gasteiger partial charge in [-0.15, -0.1) is 0 Å². The highest BCUT2D eigenvalue weighted by atomic mass is 35.5. The second-order valence-electron chi connectivity index (χ2n) is 5.86. The van der Waals surface area contributed by atoms with E-state index < -0.39 is 16.0 Å². The minimum Gasteiger partial charge on any atom is -0.319 e. The normalized spacial score (nSPS) is 17.8. The standard InChI is InChI=1S/C15H23ClFN3O2S/c1-18-10-12-6-8-20(9-7-12)23(21,22)19(2)11-13-14(16)4-3-5-15(13)17/h3-5,12,18H,6-11H2,1-2H3. The zero-order valence-electron chi connectivity index (χ0n) is 13.4. The highest BCUT2D eigenvalue weighted by molar-refractivity contribution is 7.86. The van der Waals surface area contributed by atoms with Gasteiger partial charge in [0.05, 0.1) is 0 Å². The molecular weight excluding hydrogens is 341 g/mol. The van der Waals surface area contributed by atoms with E-state index in [1.54, 1.807) is 6.07 Å². The van der Waals surface area contributed by atoms with Crippen molar-refractivity contribution in [3.63, 3.8) is 0 Å². The summed E-state index contributed by atoms with van der Waals surface area (Å²) in [6.45, 7) is 1.80. The highest BCUT2D eigenvalue weighted by Gasteiger charge is 2.31. The van der Waals surface area contributed by atoms with E-state index in [0.717, 1.165) is 23.7 Å². The quantitative estimate of drug-likeness (QED) is 0.842. The maximum Gasteiger partial charge on any atom is 0.282 e. The van der Waals surface area contributed by atoms with Gasteiger partial charge >= 0.3 is 0 Å². The first-order chi connectivity index (χ1) is 10.9. The lowest BCUT2D eigenvalue weighted by Gasteiger charge is -2.33. The molecule has 0 atom stereocenters. The average Bonchev–Trinajstić information content (AvgIpc) is 2.51. The van der Waals surface area contributed by atoms with Crippen LogP contribution >= 0.6 is 11.6 Å². The fourth-order valence-electron chi connectivity index (χ4n) is 2.82. The summed E-state index contributed by atoms with van der Waals surface area (Å²) in [5.74, 6) is 0.00467. The van der Waals surface area contributed by atoms with Crippen molar-refractivity contribution in [3.05, 3.63) is 34.6 Å². The number of nitrogens with one attached hydrogen (secondary N) is 1. The van der Waals surface area contributed by atoms with Crippen LogP contribution in [0.4, 0.5) is 4.39 Å². The molecular formula is C15H23ClFN3O2S. The summed E-state index contributed by atoms with van der Waals surface area (Å²) in [6, 6.07) is 4.34. The lowest BCUT2D eigenvalue weighted by molar-refractivity contribution is 0.255. The second kappa shape index (κ2) is 7.90. The monoisotopic (exact) mass is 363 g/mol. The van der Waals surface area contributed by atoms with E-state index in [0.29, 0.717) is 19.0 Å². The number of hydrogen-bond donors (Lipinski definition) is 1. The zero-order valence-corrected chi connectivity index (χ0v) is 15.0. The van der Waals surface area contributed by atoms with E-state index in [1.807, 2.05) is 7.05 Å². The van der Waals surface area contributed by atoms with Gasteiger partial charge in [-0.25, -0.2) is 4.39 Å². The van der Waals surface area contributed by atoms with Crippen LogP contribution in [0.3, 0.4) is 0 Å². The molecule has 1 aliphatic heterocycles. The van der Waals surface area contributed by atoms with Crippen LogP contribution in [-0.4, -0.2) is 50.8 Å². The minimum atomic E-state index is -3.61. The molecule has 0 spiro atoms. The summed E-state index contributed by atoms with van der Waals surface area (Å²) < 4.78 is 41.8. The first kappa shape index (κ1) is 18.6. The molecule has 0 unspecified atom stereocenters. The van der Waals surface area contributed by atoms with Crippen LogP contribution < -0.4 is 5.32 Å². The van der Waals surface area contributed by atoms with Crippen LogP contribution in [0.15, 0.2) is 18.2 Å². The van der Waals surface area contributed by atoms with Gasteiger partial charge in [0, 0.05) is 37.3 Å². The van der Waals surface area contributed by atoms with Crippen LogP contribution in [-0.2, 0) is 16.8 Å². The maximum absolute atomic E-state index is 13.9. The molecule has 1 aromatic carbocycles.